The number of hydrogen-bond acceptors (Lipinski definition) is 4. The fraction of sp³-hybridized carbons (Fsp3) is 0.333. The van der Waals surface area contributed by atoms with Crippen LogP contribution in [0.1, 0.15) is 23.3 Å². The van der Waals surface area contributed by atoms with Crippen LogP contribution < -0.4 is 0 Å². The quantitative estimate of drug-likeness (QED) is 0.869. The standard InChI is InChI=1S/C15H17N3O3/c19-12-6-8-17(9-7-12)15(21)14-13(20)10-18(16-14)11-4-2-1-3-5-11/h1-5,10,12,19-20H,6-9H2. The number of nitrogens with zero attached hydrogens (tertiary/aromatic N) is 3. The Kier molecular flexibility index (Phi) is 3.62. The monoisotopic (exact) mass is 287 g/mol. The normalized spacial score (nSPS) is 16.1. The van der Waals surface area contributed by atoms with E-state index in [4.69, 9.17) is 0 Å². The molecule has 0 atom stereocenters. The van der Waals surface area contributed by atoms with E-state index < -0.39 is 0 Å². The summed E-state index contributed by atoms with van der Waals surface area (Å²) in [6.45, 7) is 0.968. The molecule has 1 aliphatic heterocycles. The molecule has 0 aliphatic carbocycles. The number of likely N-dealkylation sites (tertiary alicyclic amines) is 1. The number of hydrogen-bond donors (Lipinski definition) is 2. The zero-order chi connectivity index (χ0) is 14.8. The first-order chi connectivity index (χ1) is 10.1. The number of aromatic nitrogens is 2. The van der Waals surface area contributed by atoms with Gasteiger partial charge in [0, 0.05) is 13.1 Å². The first kappa shape index (κ1) is 13.6. The number of carbonyl (C=O) groups excluding carboxylic acids is 1. The number of rotatable bonds is 2. The predicted molar refractivity (Wildman–Crippen MR) is 76.4 cm³/mol. The highest BCUT2D eigenvalue weighted by Crippen LogP contribution is 2.21. The minimum absolute atomic E-state index is 0.0512. The van der Waals surface area contributed by atoms with Gasteiger partial charge in [0.25, 0.3) is 5.91 Å². The van der Waals surface area contributed by atoms with Crippen LogP contribution >= 0.6 is 0 Å². The van der Waals surface area contributed by atoms with E-state index in [9.17, 15) is 15.0 Å². The van der Waals surface area contributed by atoms with Crippen molar-refractivity contribution in [3.63, 3.8) is 0 Å². The van der Waals surface area contributed by atoms with Crippen molar-refractivity contribution >= 4 is 5.91 Å². The maximum Gasteiger partial charge on any atom is 0.278 e. The molecule has 1 aromatic heterocycles. The summed E-state index contributed by atoms with van der Waals surface area (Å²) >= 11 is 0. The molecule has 0 spiro atoms. The number of aliphatic hydroxyl groups is 1. The summed E-state index contributed by atoms with van der Waals surface area (Å²) in [6.07, 6.45) is 2.21. The second-order valence-electron chi connectivity index (χ2n) is 5.17. The van der Waals surface area contributed by atoms with Crippen molar-refractivity contribution in [1.29, 1.82) is 0 Å². The van der Waals surface area contributed by atoms with Gasteiger partial charge in [0.1, 0.15) is 0 Å². The van der Waals surface area contributed by atoms with Gasteiger partial charge in [0.15, 0.2) is 11.4 Å². The molecule has 1 aliphatic rings. The third-order valence-corrected chi connectivity index (χ3v) is 3.67. The van der Waals surface area contributed by atoms with Crippen LogP contribution in [-0.2, 0) is 0 Å². The molecule has 2 aromatic rings. The van der Waals surface area contributed by atoms with Crippen LogP contribution in [0.2, 0.25) is 0 Å². The SMILES string of the molecule is O=C(c1nn(-c2ccccc2)cc1O)N1CCC(O)CC1. The molecule has 1 aromatic carbocycles. The van der Waals surface area contributed by atoms with E-state index in [-0.39, 0.29) is 23.5 Å². The zero-order valence-electron chi connectivity index (χ0n) is 11.5. The molecule has 21 heavy (non-hydrogen) atoms. The number of aromatic hydroxyl groups is 1. The number of aliphatic hydroxyl groups excluding tert-OH is 1. The van der Waals surface area contributed by atoms with E-state index in [1.165, 1.54) is 10.9 Å². The van der Waals surface area contributed by atoms with Crippen molar-refractivity contribution in [2.75, 3.05) is 13.1 Å². The second-order valence-corrected chi connectivity index (χ2v) is 5.17. The van der Waals surface area contributed by atoms with Crippen LogP contribution in [0.4, 0.5) is 0 Å². The molecular weight excluding hydrogens is 270 g/mol. The van der Waals surface area contributed by atoms with Crippen molar-refractivity contribution in [2.24, 2.45) is 0 Å². The third-order valence-electron chi connectivity index (χ3n) is 3.67. The summed E-state index contributed by atoms with van der Waals surface area (Å²) < 4.78 is 1.49. The van der Waals surface area contributed by atoms with E-state index in [1.54, 1.807) is 4.90 Å². The van der Waals surface area contributed by atoms with Crippen LogP contribution in [0.15, 0.2) is 36.5 Å². The Labute approximate surface area is 122 Å². The Bertz CT molecular complexity index is 631. The van der Waals surface area contributed by atoms with Gasteiger partial charge in [0.05, 0.1) is 18.0 Å². The topological polar surface area (TPSA) is 78.6 Å². The van der Waals surface area contributed by atoms with Crippen LogP contribution in [-0.4, -0.2) is 50.0 Å². The highest BCUT2D eigenvalue weighted by molar-refractivity contribution is 5.94. The molecule has 2 N–H and O–H groups in total. The average molecular weight is 287 g/mol. The van der Waals surface area contributed by atoms with Crippen molar-refractivity contribution < 1.29 is 15.0 Å². The first-order valence-corrected chi connectivity index (χ1v) is 6.96. The first-order valence-electron chi connectivity index (χ1n) is 6.96. The molecule has 0 bridgehead atoms. The van der Waals surface area contributed by atoms with Crippen LogP contribution in [0.5, 0.6) is 5.75 Å². The number of amides is 1. The summed E-state index contributed by atoms with van der Waals surface area (Å²) in [5.74, 6) is -0.427. The van der Waals surface area contributed by atoms with E-state index in [0.29, 0.717) is 25.9 Å². The lowest BCUT2D eigenvalue weighted by atomic mass is 10.1. The number of benzene rings is 1. The Morgan fingerprint density at radius 2 is 1.86 bits per heavy atom. The van der Waals surface area contributed by atoms with Crippen molar-refractivity contribution in [2.45, 2.75) is 18.9 Å². The lowest BCUT2D eigenvalue weighted by Gasteiger charge is -2.28. The summed E-state index contributed by atoms with van der Waals surface area (Å²) in [5.41, 5.74) is 0.830. The molecule has 2 heterocycles. The third kappa shape index (κ3) is 2.75. The minimum atomic E-state index is -0.343. The highest BCUT2D eigenvalue weighted by atomic mass is 16.3. The minimum Gasteiger partial charge on any atom is -0.504 e. The van der Waals surface area contributed by atoms with E-state index in [2.05, 4.69) is 5.10 Å². The molecule has 3 rings (SSSR count). The lowest BCUT2D eigenvalue weighted by Crippen LogP contribution is -2.40. The largest absolute Gasteiger partial charge is 0.504 e. The predicted octanol–water partition coefficient (Wildman–Crippen LogP) is 1.17. The zero-order valence-corrected chi connectivity index (χ0v) is 11.5. The van der Waals surface area contributed by atoms with Gasteiger partial charge in [-0.3, -0.25) is 4.79 Å². The molecule has 6 heteroatoms. The van der Waals surface area contributed by atoms with Gasteiger partial charge < -0.3 is 15.1 Å². The second kappa shape index (κ2) is 5.57. The van der Waals surface area contributed by atoms with Crippen LogP contribution in [0.3, 0.4) is 0 Å². The lowest BCUT2D eigenvalue weighted by molar-refractivity contribution is 0.0539. The van der Waals surface area contributed by atoms with Gasteiger partial charge in [-0.15, -0.1) is 0 Å². The van der Waals surface area contributed by atoms with Gasteiger partial charge in [0.2, 0.25) is 0 Å². The van der Waals surface area contributed by atoms with Gasteiger partial charge in [-0.25, -0.2) is 4.68 Å². The summed E-state index contributed by atoms with van der Waals surface area (Å²) in [4.78, 5) is 14.0. The molecule has 0 saturated carbocycles. The van der Waals surface area contributed by atoms with Gasteiger partial charge in [-0.05, 0) is 25.0 Å². The Hall–Kier alpha value is -2.34. The molecule has 1 saturated heterocycles. The Balaban J connectivity index is 1.83. The van der Waals surface area contributed by atoms with Crippen molar-refractivity contribution in [1.82, 2.24) is 14.7 Å². The van der Waals surface area contributed by atoms with Gasteiger partial charge in [-0.2, -0.15) is 5.10 Å². The highest BCUT2D eigenvalue weighted by Gasteiger charge is 2.26. The van der Waals surface area contributed by atoms with E-state index >= 15 is 0 Å². The van der Waals surface area contributed by atoms with Gasteiger partial charge >= 0.3 is 0 Å². The molecule has 0 radical (unpaired) electrons. The number of piperidine rings is 1. The fourth-order valence-corrected chi connectivity index (χ4v) is 2.45. The van der Waals surface area contributed by atoms with Crippen molar-refractivity contribution in [3.8, 4) is 11.4 Å². The Morgan fingerprint density at radius 3 is 2.52 bits per heavy atom. The molecule has 6 nitrogen and oxygen atoms in total. The number of carbonyl (C=O) groups is 1. The molecule has 1 amide bonds. The average Bonchev–Trinajstić information content (AvgIpc) is 2.90. The summed E-state index contributed by atoms with van der Waals surface area (Å²) in [5, 5.41) is 23.6. The number of para-hydroxylation sites is 1. The molecule has 1 fully saturated rings. The summed E-state index contributed by atoms with van der Waals surface area (Å²) in [6, 6.07) is 9.30. The van der Waals surface area contributed by atoms with Gasteiger partial charge in [-0.1, -0.05) is 18.2 Å². The van der Waals surface area contributed by atoms with Crippen LogP contribution in [0.25, 0.3) is 5.69 Å². The maximum atomic E-state index is 12.4. The van der Waals surface area contributed by atoms with E-state index in [1.807, 2.05) is 30.3 Å². The molecular formula is C15H17N3O3. The van der Waals surface area contributed by atoms with E-state index in [0.717, 1.165) is 5.69 Å². The Morgan fingerprint density at radius 1 is 1.19 bits per heavy atom. The molecule has 0 unspecified atom stereocenters. The van der Waals surface area contributed by atoms with Crippen LogP contribution in [0, 0.1) is 0 Å². The fourth-order valence-electron chi connectivity index (χ4n) is 2.45. The molecule has 110 valence electrons. The smallest absolute Gasteiger partial charge is 0.278 e. The van der Waals surface area contributed by atoms with Crippen molar-refractivity contribution in [3.05, 3.63) is 42.2 Å². The summed E-state index contributed by atoms with van der Waals surface area (Å²) in [7, 11) is 0. The maximum absolute atomic E-state index is 12.4.